The summed E-state index contributed by atoms with van der Waals surface area (Å²) in [6.07, 6.45) is 1.21. The van der Waals surface area contributed by atoms with Gasteiger partial charge < -0.3 is 8.98 Å². The summed E-state index contributed by atoms with van der Waals surface area (Å²) in [6.45, 7) is 2.37. The van der Waals surface area contributed by atoms with Crippen LogP contribution in [0.4, 0.5) is 5.88 Å². The molecule has 0 unspecified atom stereocenters. The number of para-hydroxylation sites is 2. The van der Waals surface area contributed by atoms with Gasteiger partial charge in [-0.1, -0.05) is 42.5 Å². The lowest BCUT2D eigenvalue weighted by Crippen LogP contribution is -2.20. The number of hydrogen-bond acceptors (Lipinski definition) is 6. The Labute approximate surface area is 186 Å². The first-order valence-corrected chi connectivity index (χ1v) is 10.1. The van der Waals surface area contributed by atoms with E-state index in [9.17, 15) is 14.9 Å². The number of benzene rings is 2. The van der Waals surface area contributed by atoms with Gasteiger partial charge in [0.1, 0.15) is 10.6 Å². The van der Waals surface area contributed by atoms with Gasteiger partial charge in [-0.05, 0) is 30.7 Å². The van der Waals surface area contributed by atoms with Crippen LogP contribution in [0.3, 0.4) is 0 Å². The van der Waals surface area contributed by atoms with Gasteiger partial charge >= 0.3 is 5.88 Å². The van der Waals surface area contributed by atoms with Crippen molar-refractivity contribution in [3.05, 3.63) is 99.6 Å². The maximum absolute atomic E-state index is 13.0. The standard InChI is InChI=1S/C23H18N6O4/c1-15-21(22(30)26-24-13-17-11-12-20(33-17)29(31)32)28-19-10-6-5-9-18(19)27(23(28)25-15)14-16-7-3-2-4-8-16/h2-13H,14H2,1H3,(H,26,30)/b24-13-. The summed E-state index contributed by atoms with van der Waals surface area (Å²) in [7, 11) is 0. The third kappa shape index (κ3) is 3.63. The molecule has 3 heterocycles. The van der Waals surface area contributed by atoms with Crippen molar-refractivity contribution in [3.63, 3.8) is 0 Å². The van der Waals surface area contributed by atoms with Crippen molar-refractivity contribution < 1.29 is 14.1 Å². The number of carbonyl (C=O) groups excluding carboxylic acids is 1. The zero-order valence-electron chi connectivity index (χ0n) is 17.5. The van der Waals surface area contributed by atoms with E-state index in [1.54, 1.807) is 6.92 Å². The minimum absolute atomic E-state index is 0.150. The quantitative estimate of drug-likeness (QED) is 0.243. The maximum Gasteiger partial charge on any atom is 0.433 e. The van der Waals surface area contributed by atoms with E-state index in [0.717, 1.165) is 16.6 Å². The predicted molar refractivity (Wildman–Crippen MR) is 121 cm³/mol. The van der Waals surface area contributed by atoms with E-state index < -0.39 is 16.7 Å². The minimum Gasteiger partial charge on any atom is -0.400 e. The monoisotopic (exact) mass is 442 g/mol. The van der Waals surface area contributed by atoms with Crippen LogP contribution in [-0.4, -0.2) is 31.0 Å². The average molecular weight is 442 g/mol. The Hall–Kier alpha value is -4.73. The summed E-state index contributed by atoms with van der Waals surface area (Å²) in [5.41, 5.74) is 6.28. The number of hydrazone groups is 1. The van der Waals surface area contributed by atoms with Crippen LogP contribution in [0.15, 0.2) is 76.2 Å². The Morgan fingerprint density at radius 1 is 1.12 bits per heavy atom. The van der Waals surface area contributed by atoms with Crippen LogP contribution in [0.1, 0.15) is 27.5 Å². The third-order valence-electron chi connectivity index (χ3n) is 5.24. The molecule has 10 nitrogen and oxygen atoms in total. The summed E-state index contributed by atoms with van der Waals surface area (Å²) in [5.74, 6) is -0.0628. The lowest BCUT2D eigenvalue weighted by Gasteiger charge is -2.05. The molecule has 1 N–H and O–H groups in total. The summed E-state index contributed by atoms with van der Waals surface area (Å²) >= 11 is 0. The van der Waals surface area contributed by atoms with Crippen molar-refractivity contribution in [2.45, 2.75) is 13.5 Å². The Balaban J connectivity index is 1.51. The number of imidazole rings is 2. The van der Waals surface area contributed by atoms with Gasteiger partial charge in [0.25, 0.3) is 5.91 Å². The van der Waals surface area contributed by atoms with Crippen LogP contribution in [0.25, 0.3) is 16.8 Å². The van der Waals surface area contributed by atoms with Crippen molar-refractivity contribution in [3.8, 4) is 0 Å². The van der Waals surface area contributed by atoms with Crippen LogP contribution >= 0.6 is 0 Å². The first-order valence-electron chi connectivity index (χ1n) is 10.1. The SMILES string of the molecule is Cc1nc2n(Cc3ccccc3)c3ccccc3n2c1C(=O)N/N=C\c1ccc([N+](=O)[O-])o1. The van der Waals surface area contributed by atoms with Crippen molar-refractivity contribution in [2.24, 2.45) is 5.10 Å². The highest BCUT2D eigenvalue weighted by molar-refractivity contribution is 5.97. The number of nitrogens with one attached hydrogen (secondary N) is 1. The van der Waals surface area contributed by atoms with Crippen LogP contribution < -0.4 is 5.43 Å². The van der Waals surface area contributed by atoms with E-state index in [-0.39, 0.29) is 5.76 Å². The molecule has 0 spiro atoms. The second kappa shape index (κ2) is 8.08. The molecule has 0 bridgehead atoms. The van der Waals surface area contributed by atoms with Crippen molar-refractivity contribution >= 4 is 34.8 Å². The van der Waals surface area contributed by atoms with E-state index in [2.05, 4.69) is 20.1 Å². The zero-order valence-corrected chi connectivity index (χ0v) is 17.5. The molecule has 164 valence electrons. The molecule has 10 heteroatoms. The van der Waals surface area contributed by atoms with E-state index >= 15 is 0 Å². The number of amides is 1. The van der Waals surface area contributed by atoms with Gasteiger partial charge in [-0.15, -0.1) is 0 Å². The number of furan rings is 1. The number of aryl methyl sites for hydroxylation is 1. The first-order chi connectivity index (χ1) is 16.0. The molecule has 0 saturated carbocycles. The highest BCUT2D eigenvalue weighted by Gasteiger charge is 2.22. The molecule has 0 aliphatic rings. The second-order valence-corrected chi connectivity index (χ2v) is 7.37. The van der Waals surface area contributed by atoms with Crippen LogP contribution in [0.2, 0.25) is 0 Å². The molecule has 0 saturated heterocycles. The number of rotatable bonds is 6. The van der Waals surface area contributed by atoms with Gasteiger partial charge in [-0.2, -0.15) is 5.10 Å². The number of aromatic nitrogens is 3. The lowest BCUT2D eigenvalue weighted by molar-refractivity contribution is -0.402. The third-order valence-corrected chi connectivity index (χ3v) is 5.24. The van der Waals surface area contributed by atoms with Crippen molar-refractivity contribution in [2.75, 3.05) is 0 Å². The topological polar surface area (TPSA) is 120 Å². The van der Waals surface area contributed by atoms with E-state index in [4.69, 9.17) is 4.42 Å². The van der Waals surface area contributed by atoms with Gasteiger partial charge in [0.05, 0.1) is 35.6 Å². The Bertz CT molecular complexity index is 1530. The van der Waals surface area contributed by atoms with Crippen molar-refractivity contribution in [1.82, 2.24) is 19.4 Å². The van der Waals surface area contributed by atoms with Gasteiger partial charge in [0.2, 0.25) is 5.78 Å². The van der Waals surface area contributed by atoms with Crippen LogP contribution in [-0.2, 0) is 6.54 Å². The molecule has 33 heavy (non-hydrogen) atoms. The molecule has 3 aromatic heterocycles. The van der Waals surface area contributed by atoms with Gasteiger partial charge in [-0.25, -0.2) is 10.4 Å². The molecule has 5 rings (SSSR count). The molecular weight excluding hydrogens is 424 g/mol. The Morgan fingerprint density at radius 3 is 2.58 bits per heavy atom. The normalized spacial score (nSPS) is 11.5. The first kappa shape index (κ1) is 20.2. The molecule has 0 aliphatic carbocycles. The number of fused-ring (bicyclic) bond motifs is 3. The lowest BCUT2D eigenvalue weighted by atomic mass is 10.2. The number of carbonyl (C=O) groups is 1. The molecule has 0 fully saturated rings. The van der Waals surface area contributed by atoms with E-state index in [1.165, 1.54) is 18.3 Å². The molecule has 1 amide bonds. The summed E-state index contributed by atoms with van der Waals surface area (Å²) in [4.78, 5) is 27.8. The van der Waals surface area contributed by atoms with Crippen LogP contribution in [0, 0.1) is 17.0 Å². The number of nitro groups is 1. The molecule has 0 radical (unpaired) electrons. The largest absolute Gasteiger partial charge is 0.433 e. The fraction of sp³-hybridized carbons (Fsp3) is 0.0870. The Morgan fingerprint density at radius 2 is 1.85 bits per heavy atom. The molecule has 0 aliphatic heterocycles. The maximum atomic E-state index is 13.0. The number of nitrogens with zero attached hydrogens (tertiary/aromatic N) is 5. The van der Waals surface area contributed by atoms with Crippen LogP contribution in [0.5, 0.6) is 0 Å². The van der Waals surface area contributed by atoms with Gasteiger partial charge in [0.15, 0.2) is 5.76 Å². The fourth-order valence-corrected chi connectivity index (χ4v) is 3.82. The smallest absolute Gasteiger partial charge is 0.400 e. The van der Waals surface area contributed by atoms with E-state index in [0.29, 0.717) is 23.7 Å². The van der Waals surface area contributed by atoms with Gasteiger partial charge in [-0.3, -0.25) is 19.3 Å². The molecular formula is C23H18N6O4. The fourth-order valence-electron chi connectivity index (χ4n) is 3.82. The summed E-state index contributed by atoms with van der Waals surface area (Å²) < 4.78 is 8.89. The second-order valence-electron chi connectivity index (χ2n) is 7.37. The minimum atomic E-state index is -0.645. The highest BCUT2D eigenvalue weighted by Crippen LogP contribution is 2.25. The van der Waals surface area contributed by atoms with Crippen molar-refractivity contribution in [1.29, 1.82) is 0 Å². The van der Waals surface area contributed by atoms with E-state index in [1.807, 2.05) is 59.0 Å². The average Bonchev–Trinajstić information content (AvgIpc) is 3.49. The van der Waals surface area contributed by atoms with Gasteiger partial charge in [0, 0.05) is 0 Å². The highest BCUT2D eigenvalue weighted by atomic mass is 16.6. The zero-order chi connectivity index (χ0) is 22.9. The molecule has 0 atom stereocenters. The molecule has 5 aromatic rings. The summed E-state index contributed by atoms with van der Waals surface area (Å²) in [5, 5.41) is 14.6. The molecule has 2 aromatic carbocycles. The Kier molecular flexibility index (Phi) is 4.94. The number of hydrogen-bond donors (Lipinski definition) is 1. The summed E-state index contributed by atoms with van der Waals surface area (Å²) in [6, 6.07) is 20.4. The predicted octanol–water partition coefficient (Wildman–Crippen LogP) is 3.91.